The average Bonchev–Trinajstić information content (AvgIpc) is 3.16. The molecule has 0 bridgehead atoms. The highest BCUT2D eigenvalue weighted by Gasteiger charge is 2.26. The molecule has 1 saturated heterocycles. The summed E-state index contributed by atoms with van der Waals surface area (Å²) in [6.45, 7) is 10.0. The molecule has 2 N–H and O–H groups in total. The summed E-state index contributed by atoms with van der Waals surface area (Å²) >= 11 is 1.63. The summed E-state index contributed by atoms with van der Waals surface area (Å²) in [6.07, 6.45) is 5.23. The number of aromatic nitrogens is 3. The molecule has 31 heavy (non-hydrogen) atoms. The predicted octanol–water partition coefficient (Wildman–Crippen LogP) is 4.44. The average molecular weight is 440 g/mol. The van der Waals surface area contributed by atoms with Gasteiger partial charge in [0, 0.05) is 30.5 Å². The molecule has 0 atom stereocenters. The van der Waals surface area contributed by atoms with Crippen LogP contribution in [-0.4, -0.2) is 39.1 Å². The van der Waals surface area contributed by atoms with Crippen LogP contribution < -0.4 is 10.2 Å². The number of benzene rings is 1. The predicted molar refractivity (Wildman–Crippen MR) is 125 cm³/mol. The van der Waals surface area contributed by atoms with Gasteiger partial charge in [0.2, 0.25) is 0 Å². The van der Waals surface area contributed by atoms with E-state index in [-0.39, 0.29) is 11.6 Å². The van der Waals surface area contributed by atoms with Crippen molar-refractivity contribution in [3.63, 3.8) is 0 Å². The van der Waals surface area contributed by atoms with Gasteiger partial charge in [-0.1, -0.05) is 25.2 Å². The summed E-state index contributed by atoms with van der Waals surface area (Å²) in [5.74, 6) is 1.15. The fourth-order valence-corrected chi connectivity index (χ4v) is 5.11. The Hall–Kier alpha value is -2.58. The molecule has 8 heteroatoms. The standard InChI is InChI=1S/C23H29N5O2S/c1-14(2)15-6-9-28(10-7-15)22-27-19-11-16(23(3,4)30)18(12-20(19)31-22)26-21(29)17-5-8-24-13-25-17/h5,8,11-15,30H,6-7,9-10H2,1-4H3,(H,26,29). The first-order valence-corrected chi connectivity index (χ1v) is 11.5. The van der Waals surface area contributed by atoms with E-state index < -0.39 is 5.60 Å². The van der Waals surface area contributed by atoms with E-state index in [2.05, 4.69) is 34.0 Å². The number of carbonyl (C=O) groups is 1. The minimum absolute atomic E-state index is 0.273. The van der Waals surface area contributed by atoms with Gasteiger partial charge in [0.15, 0.2) is 5.13 Å². The van der Waals surface area contributed by atoms with Crippen LogP contribution in [0.25, 0.3) is 10.2 Å². The van der Waals surface area contributed by atoms with Crippen LogP contribution in [0.5, 0.6) is 0 Å². The molecular formula is C23H29N5O2S. The third kappa shape index (κ3) is 4.70. The number of thiazole rings is 1. The second-order valence-corrected chi connectivity index (χ2v) is 10.0. The molecule has 1 aliphatic heterocycles. The maximum atomic E-state index is 12.7. The molecule has 4 rings (SSSR count). The summed E-state index contributed by atoms with van der Waals surface area (Å²) < 4.78 is 0.979. The number of nitrogens with one attached hydrogen (secondary N) is 1. The molecule has 164 valence electrons. The molecule has 1 amide bonds. The Morgan fingerprint density at radius 3 is 2.65 bits per heavy atom. The van der Waals surface area contributed by atoms with Gasteiger partial charge in [0.05, 0.1) is 15.8 Å². The lowest BCUT2D eigenvalue weighted by molar-refractivity contribution is 0.0794. The molecule has 0 aliphatic carbocycles. The highest BCUT2D eigenvalue weighted by molar-refractivity contribution is 7.22. The van der Waals surface area contributed by atoms with Gasteiger partial charge in [-0.25, -0.2) is 15.0 Å². The van der Waals surface area contributed by atoms with Gasteiger partial charge in [-0.05, 0) is 56.7 Å². The van der Waals surface area contributed by atoms with Crippen LogP contribution in [0.15, 0.2) is 30.7 Å². The van der Waals surface area contributed by atoms with Gasteiger partial charge in [-0.15, -0.1) is 0 Å². The molecule has 7 nitrogen and oxygen atoms in total. The first-order valence-electron chi connectivity index (χ1n) is 10.7. The first-order chi connectivity index (χ1) is 14.7. The number of hydrogen-bond acceptors (Lipinski definition) is 7. The van der Waals surface area contributed by atoms with Crippen molar-refractivity contribution in [2.45, 2.75) is 46.1 Å². The Morgan fingerprint density at radius 1 is 1.29 bits per heavy atom. The molecule has 1 aliphatic rings. The molecule has 3 aromatic rings. The zero-order chi connectivity index (χ0) is 22.2. The highest BCUT2D eigenvalue weighted by Crippen LogP contribution is 2.38. The van der Waals surface area contributed by atoms with Crippen molar-refractivity contribution in [1.29, 1.82) is 0 Å². The van der Waals surface area contributed by atoms with E-state index in [9.17, 15) is 9.90 Å². The maximum absolute atomic E-state index is 12.7. The third-order valence-corrected chi connectivity index (χ3v) is 7.07. The Balaban J connectivity index is 1.64. The van der Waals surface area contributed by atoms with Crippen LogP contribution in [0, 0.1) is 11.8 Å². The van der Waals surface area contributed by atoms with Crippen molar-refractivity contribution in [2.75, 3.05) is 23.3 Å². The monoisotopic (exact) mass is 439 g/mol. The lowest BCUT2D eigenvalue weighted by atomic mass is 9.87. The largest absolute Gasteiger partial charge is 0.386 e. The van der Waals surface area contributed by atoms with Crippen molar-refractivity contribution in [1.82, 2.24) is 15.0 Å². The maximum Gasteiger partial charge on any atom is 0.274 e. The van der Waals surface area contributed by atoms with Crippen molar-refractivity contribution >= 4 is 38.3 Å². The molecule has 1 fully saturated rings. The van der Waals surface area contributed by atoms with Gasteiger partial charge in [0.25, 0.3) is 5.91 Å². The number of hydrogen-bond donors (Lipinski definition) is 2. The van der Waals surface area contributed by atoms with Gasteiger partial charge < -0.3 is 15.3 Å². The lowest BCUT2D eigenvalue weighted by Gasteiger charge is -2.33. The van der Waals surface area contributed by atoms with Crippen LogP contribution >= 0.6 is 11.3 Å². The van der Waals surface area contributed by atoms with E-state index in [1.807, 2.05) is 12.1 Å². The van der Waals surface area contributed by atoms with E-state index >= 15 is 0 Å². The minimum atomic E-state index is -1.14. The summed E-state index contributed by atoms with van der Waals surface area (Å²) in [6, 6.07) is 5.35. The Kier molecular flexibility index (Phi) is 5.94. The zero-order valence-corrected chi connectivity index (χ0v) is 19.2. The van der Waals surface area contributed by atoms with E-state index in [4.69, 9.17) is 4.98 Å². The molecule has 1 aromatic carbocycles. The first kappa shape index (κ1) is 21.6. The fourth-order valence-electron chi connectivity index (χ4n) is 4.08. The van der Waals surface area contributed by atoms with E-state index in [0.29, 0.717) is 17.2 Å². The number of piperidine rings is 1. The summed E-state index contributed by atoms with van der Waals surface area (Å²) in [7, 11) is 0. The number of carbonyl (C=O) groups excluding carboxylic acids is 1. The SMILES string of the molecule is CC(C)C1CCN(c2nc3cc(C(C)(C)O)c(NC(=O)c4ccncn4)cc3s2)CC1. The molecule has 2 aromatic heterocycles. The van der Waals surface area contributed by atoms with Gasteiger partial charge in [-0.2, -0.15) is 0 Å². The topological polar surface area (TPSA) is 91.2 Å². The Morgan fingerprint density at radius 2 is 2.03 bits per heavy atom. The summed E-state index contributed by atoms with van der Waals surface area (Å²) in [4.78, 5) is 27.7. The minimum Gasteiger partial charge on any atom is -0.386 e. The second kappa shape index (κ2) is 8.51. The highest BCUT2D eigenvalue weighted by atomic mass is 32.1. The van der Waals surface area contributed by atoms with Crippen molar-refractivity contribution in [3.8, 4) is 0 Å². The van der Waals surface area contributed by atoms with Gasteiger partial charge in [-0.3, -0.25) is 4.79 Å². The van der Waals surface area contributed by atoms with Gasteiger partial charge >= 0.3 is 0 Å². The number of nitrogens with zero attached hydrogens (tertiary/aromatic N) is 4. The van der Waals surface area contributed by atoms with Gasteiger partial charge in [0.1, 0.15) is 12.0 Å². The molecule has 0 saturated carbocycles. The number of fused-ring (bicyclic) bond motifs is 1. The van der Waals surface area contributed by atoms with Crippen LogP contribution in [0.2, 0.25) is 0 Å². The Labute approximate surface area is 186 Å². The molecule has 0 spiro atoms. The zero-order valence-electron chi connectivity index (χ0n) is 18.4. The van der Waals surface area contributed by atoms with Crippen LogP contribution in [0.3, 0.4) is 0 Å². The normalized spacial score (nSPS) is 15.6. The van der Waals surface area contributed by atoms with E-state index in [1.165, 1.54) is 25.4 Å². The second-order valence-electron chi connectivity index (χ2n) is 9.04. The van der Waals surface area contributed by atoms with E-state index in [0.717, 1.165) is 34.4 Å². The summed E-state index contributed by atoms with van der Waals surface area (Å²) in [5, 5.41) is 14.6. The molecule has 3 heterocycles. The number of rotatable bonds is 5. The number of aliphatic hydroxyl groups is 1. The lowest BCUT2D eigenvalue weighted by Crippen LogP contribution is -2.35. The number of anilines is 2. The van der Waals surface area contributed by atoms with Crippen molar-refractivity contribution in [2.24, 2.45) is 11.8 Å². The van der Waals surface area contributed by atoms with Crippen LogP contribution in [0.1, 0.15) is 56.6 Å². The van der Waals surface area contributed by atoms with Crippen LogP contribution in [-0.2, 0) is 5.60 Å². The summed E-state index contributed by atoms with van der Waals surface area (Å²) in [5.41, 5.74) is 1.16. The molecule has 0 radical (unpaired) electrons. The third-order valence-electron chi connectivity index (χ3n) is 5.99. The fraction of sp³-hybridized carbons (Fsp3) is 0.478. The molecule has 0 unspecified atom stereocenters. The van der Waals surface area contributed by atoms with Crippen molar-refractivity contribution < 1.29 is 9.90 Å². The smallest absolute Gasteiger partial charge is 0.274 e. The molecular weight excluding hydrogens is 410 g/mol. The Bertz CT molecular complexity index is 1070. The van der Waals surface area contributed by atoms with Crippen LogP contribution in [0.4, 0.5) is 10.8 Å². The quantitative estimate of drug-likeness (QED) is 0.611. The number of amides is 1. The van der Waals surface area contributed by atoms with E-state index in [1.54, 1.807) is 31.3 Å². The van der Waals surface area contributed by atoms with Crippen molar-refractivity contribution in [3.05, 3.63) is 42.0 Å².